The highest BCUT2D eigenvalue weighted by atomic mass is 32.1. The molecule has 1 saturated heterocycles. The molecule has 1 aromatic heterocycles. The lowest BCUT2D eigenvalue weighted by Gasteiger charge is -2.41. The standard InChI is InChI=1S/C12H21N3S/c1-12(2,11-14-6-9-16-11)15-7-4-10(13-3)5-8-15/h6,9-10,13H,4-5,7-8H2,1-3H3. The molecule has 4 heteroatoms. The van der Waals surface area contributed by atoms with Gasteiger partial charge in [-0.25, -0.2) is 4.98 Å². The molecular formula is C12H21N3S. The van der Waals surface area contributed by atoms with E-state index in [9.17, 15) is 0 Å². The van der Waals surface area contributed by atoms with Gasteiger partial charge in [0.15, 0.2) is 0 Å². The Morgan fingerprint density at radius 2 is 2.12 bits per heavy atom. The van der Waals surface area contributed by atoms with Gasteiger partial charge >= 0.3 is 0 Å². The third kappa shape index (κ3) is 2.29. The molecule has 0 unspecified atom stereocenters. The van der Waals surface area contributed by atoms with Crippen LogP contribution in [0.2, 0.25) is 0 Å². The van der Waals surface area contributed by atoms with Gasteiger partial charge < -0.3 is 5.32 Å². The first-order chi connectivity index (χ1) is 7.64. The fraction of sp³-hybridized carbons (Fsp3) is 0.750. The van der Waals surface area contributed by atoms with Crippen LogP contribution in [0.3, 0.4) is 0 Å². The van der Waals surface area contributed by atoms with Gasteiger partial charge in [0.05, 0.1) is 5.54 Å². The number of nitrogens with one attached hydrogen (secondary N) is 1. The third-order valence-corrected chi connectivity index (χ3v) is 4.74. The summed E-state index contributed by atoms with van der Waals surface area (Å²) in [4.78, 5) is 7.02. The van der Waals surface area contributed by atoms with Gasteiger partial charge in [-0.15, -0.1) is 11.3 Å². The van der Waals surface area contributed by atoms with Gasteiger partial charge in [0, 0.05) is 30.7 Å². The normalized spacial score (nSPS) is 20.2. The third-order valence-electron chi connectivity index (χ3n) is 3.65. The smallest absolute Gasteiger partial charge is 0.112 e. The van der Waals surface area contributed by atoms with Crippen LogP contribution in [-0.2, 0) is 5.54 Å². The lowest BCUT2D eigenvalue weighted by molar-refractivity contribution is 0.0825. The van der Waals surface area contributed by atoms with Gasteiger partial charge in [-0.05, 0) is 33.7 Å². The summed E-state index contributed by atoms with van der Waals surface area (Å²) in [6.45, 7) is 6.90. The van der Waals surface area contributed by atoms with Crippen molar-refractivity contribution in [1.82, 2.24) is 15.2 Å². The van der Waals surface area contributed by atoms with Crippen LogP contribution in [0.15, 0.2) is 11.6 Å². The second-order valence-corrected chi connectivity index (χ2v) is 5.84. The Morgan fingerprint density at radius 3 is 2.62 bits per heavy atom. The minimum atomic E-state index is 0.0902. The number of hydrogen-bond acceptors (Lipinski definition) is 4. The summed E-state index contributed by atoms with van der Waals surface area (Å²) in [5.74, 6) is 0. The van der Waals surface area contributed by atoms with Crippen LogP contribution in [0.5, 0.6) is 0 Å². The monoisotopic (exact) mass is 239 g/mol. The SMILES string of the molecule is CNC1CCN(C(C)(C)c2nccs2)CC1. The van der Waals surface area contributed by atoms with Crippen molar-refractivity contribution in [3.8, 4) is 0 Å². The Labute approximate surface area is 102 Å². The van der Waals surface area contributed by atoms with E-state index in [-0.39, 0.29) is 5.54 Å². The molecule has 2 rings (SSSR count). The van der Waals surface area contributed by atoms with Gasteiger partial charge in [-0.1, -0.05) is 0 Å². The molecule has 1 aliphatic heterocycles. The van der Waals surface area contributed by atoms with E-state index in [4.69, 9.17) is 0 Å². The van der Waals surface area contributed by atoms with E-state index in [0.29, 0.717) is 6.04 Å². The van der Waals surface area contributed by atoms with Crippen molar-refractivity contribution in [3.05, 3.63) is 16.6 Å². The average Bonchev–Trinajstić information content (AvgIpc) is 2.83. The summed E-state index contributed by atoms with van der Waals surface area (Å²) in [5, 5.41) is 6.67. The molecule has 0 bridgehead atoms. The fourth-order valence-corrected chi connectivity index (χ4v) is 3.18. The van der Waals surface area contributed by atoms with E-state index in [2.05, 4.69) is 41.5 Å². The number of nitrogens with zero attached hydrogens (tertiary/aromatic N) is 2. The summed E-state index contributed by atoms with van der Waals surface area (Å²) in [6.07, 6.45) is 4.39. The largest absolute Gasteiger partial charge is 0.317 e. The van der Waals surface area contributed by atoms with Crippen LogP contribution < -0.4 is 5.32 Å². The maximum absolute atomic E-state index is 4.46. The lowest BCUT2D eigenvalue weighted by Crippen LogP contribution is -2.49. The highest BCUT2D eigenvalue weighted by Crippen LogP contribution is 2.31. The molecule has 90 valence electrons. The molecule has 1 fully saturated rings. The number of thiazole rings is 1. The van der Waals surface area contributed by atoms with E-state index in [1.54, 1.807) is 11.3 Å². The Bertz CT molecular complexity index is 313. The molecule has 2 heterocycles. The van der Waals surface area contributed by atoms with Crippen molar-refractivity contribution in [2.24, 2.45) is 0 Å². The van der Waals surface area contributed by atoms with Crippen molar-refractivity contribution >= 4 is 11.3 Å². The maximum Gasteiger partial charge on any atom is 0.112 e. The number of likely N-dealkylation sites (tertiary alicyclic amines) is 1. The van der Waals surface area contributed by atoms with Gasteiger partial charge in [-0.3, -0.25) is 4.90 Å². The zero-order valence-electron chi connectivity index (χ0n) is 10.4. The summed E-state index contributed by atoms with van der Waals surface area (Å²) >= 11 is 1.76. The molecule has 0 radical (unpaired) electrons. The second kappa shape index (κ2) is 4.82. The lowest BCUT2D eigenvalue weighted by atomic mass is 9.97. The summed E-state index contributed by atoms with van der Waals surface area (Å²) in [5.41, 5.74) is 0.0902. The minimum absolute atomic E-state index is 0.0902. The van der Waals surface area contributed by atoms with Crippen LogP contribution in [0, 0.1) is 0 Å². The van der Waals surface area contributed by atoms with E-state index in [1.807, 2.05) is 6.20 Å². The average molecular weight is 239 g/mol. The molecule has 0 amide bonds. The van der Waals surface area contributed by atoms with Crippen LogP contribution >= 0.6 is 11.3 Å². The van der Waals surface area contributed by atoms with E-state index in [0.717, 1.165) is 13.1 Å². The van der Waals surface area contributed by atoms with Crippen molar-refractivity contribution in [1.29, 1.82) is 0 Å². The zero-order chi connectivity index (χ0) is 11.6. The first-order valence-electron chi connectivity index (χ1n) is 5.97. The summed E-state index contributed by atoms with van der Waals surface area (Å²) in [6, 6.07) is 0.698. The predicted octanol–water partition coefficient (Wildman–Crippen LogP) is 2.06. The first kappa shape index (κ1) is 12.0. The maximum atomic E-state index is 4.46. The molecule has 16 heavy (non-hydrogen) atoms. The topological polar surface area (TPSA) is 28.2 Å². The highest BCUT2D eigenvalue weighted by Gasteiger charge is 2.33. The fourth-order valence-electron chi connectivity index (χ4n) is 2.39. The number of rotatable bonds is 3. The summed E-state index contributed by atoms with van der Waals surface area (Å²) in [7, 11) is 2.06. The highest BCUT2D eigenvalue weighted by molar-refractivity contribution is 7.09. The van der Waals surface area contributed by atoms with Gasteiger partial charge in [0.1, 0.15) is 5.01 Å². The van der Waals surface area contributed by atoms with Gasteiger partial charge in [-0.2, -0.15) is 0 Å². The Morgan fingerprint density at radius 1 is 1.44 bits per heavy atom. The summed E-state index contributed by atoms with van der Waals surface area (Å²) < 4.78 is 0. The van der Waals surface area contributed by atoms with Gasteiger partial charge in [0.25, 0.3) is 0 Å². The van der Waals surface area contributed by atoms with Crippen LogP contribution in [0.1, 0.15) is 31.7 Å². The Balaban J connectivity index is 2.03. The molecule has 0 saturated carbocycles. The molecular weight excluding hydrogens is 218 g/mol. The molecule has 3 nitrogen and oxygen atoms in total. The second-order valence-electron chi connectivity index (χ2n) is 4.95. The Kier molecular flexibility index (Phi) is 3.62. The van der Waals surface area contributed by atoms with Crippen molar-refractivity contribution in [2.75, 3.05) is 20.1 Å². The molecule has 0 aliphatic carbocycles. The number of hydrogen-bond donors (Lipinski definition) is 1. The Hall–Kier alpha value is -0.450. The van der Waals surface area contributed by atoms with Crippen LogP contribution in [-0.4, -0.2) is 36.1 Å². The van der Waals surface area contributed by atoms with E-state index >= 15 is 0 Å². The van der Waals surface area contributed by atoms with Crippen molar-refractivity contribution in [3.63, 3.8) is 0 Å². The molecule has 0 atom stereocenters. The molecule has 1 aliphatic rings. The quantitative estimate of drug-likeness (QED) is 0.875. The molecule has 1 aromatic rings. The van der Waals surface area contributed by atoms with Crippen molar-refractivity contribution < 1.29 is 0 Å². The van der Waals surface area contributed by atoms with E-state index < -0.39 is 0 Å². The minimum Gasteiger partial charge on any atom is -0.317 e. The van der Waals surface area contributed by atoms with Crippen LogP contribution in [0.4, 0.5) is 0 Å². The number of aromatic nitrogens is 1. The van der Waals surface area contributed by atoms with Gasteiger partial charge in [0.2, 0.25) is 0 Å². The predicted molar refractivity (Wildman–Crippen MR) is 68.8 cm³/mol. The molecule has 0 spiro atoms. The number of piperidine rings is 1. The molecule has 0 aromatic carbocycles. The van der Waals surface area contributed by atoms with Crippen LogP contribution in [0.25, 0.3) is 0 Å². The first-order valence-corrected chi connectivity index (χ1v) is 6.85. The molecule has 1 N–H and O–H groups in total. The zero-order valence-corrected chi connectivity index (χ0v) is 11.2. The van der Waals surface area contributed by atoms with Crippen molar-refractivity contribution in [2.45, 2.75) is 38.3 Å². The van der Waals surface area contributed by atoms with E-state index in [1.165, 1.54) is 17.8 Å².